The smallest absolute Gasteiger partial charge is 0.424 e. The van der Waals surface area contributed by atoms with Gasteiger partial charge < -0.3 is 14.2 Å². The zero-order chi connectivity index (χ0) is 27.2. The molecule has 11 heteroatoms. The second-order valence-electron chi connectivity index (χ2n) is 8.11. The van der Waals surface area contributed by atoms with Crippen molar-refractivity contribution in [2.24, 2.45) is 4.99 Å². The van der Waals surface area contributed by atoms with Gasteiger partial charge in [-0.3, -0.25) is 10.1 Å². The number of hydrogen-bond donors (Lipinski definition) is 0. The Bertz CT molecular complexity index is 1420. The summed E-state index contributed by atoms with van der Waals surface area (Å²) in [6.07, 6.45) is -0.940. The number of carbonyl (C=O) groups is 2. The standard InChI is InChI=1S/C27H22ClN3O7/c1-17-23(25(32)37-16-18-7-4-3-5-8-18)24(19-9-6-10-20(28)15-19)30(26(29-17)36-2)27(33)38-22-13-11-21(12-14-22)31(34)35/h3-15,24H,16H2,1-2H3. The monoisotopic (exact) mass is 535 g/mol. The van der Waals surface area contributed by atoms with Gasteiger partial charge in [-0.15, -0.1) is 0 Å². The number of aliphatic imine (C=N–C) groups is 1. The van der Waals surface area contributed by atoms with E-state index < -0.39 is 23.0 Å². The third-order valence-corrected chi connectivity index (χ3v) is 5.86. The Morgan fingerprint density at radius 2 is 1.76 bits per heavy atom. The van der Waals surface area contributed by atoms with E-state index in [0.29, 0.717) is 10.6 Å². The molecular weight excluding hydrogens is 514 g/mol. The molecule has 4 rings (SSSR count). The number of nitro benzene ring substituents is 1. The lowest BCUT2D eigenvalue weighted by atomic mass is 9.94. The lowest BCUT2D eigenvalue weighted by molar-refractivity contribution is -0.384. The van der Waals surface area contributed by atoms with Crippen LogP contribution in [0.15, 0.2) is 95.1 Å². The second kappa shape index (κ2) is 11.6. The number of hydrogen-bond acceptors (Lipinski definition) is 8. The van der Waals surface area contributed by atoms with E-state index in [1.165, 1.54) is 31.4 Å². The van der Waals surface area contributed by atoms with Crippen molar-refractivity contribution in [3.63, 3.8) is 0 Å². The lowest BCUT2D eigenvalue weighted by Crippen LogP contribution is -2.46. The molecule has 3 aromatic carbocycles. The van der Waals surface area contributed by atoms with Gasteiger partial charge in [0.15, 0.2) is 0 Å². The van der Waals surface area contributed by atoms with Gasteiger partial charge in [0.25, 0.3) is 5.69 Å². The second-order valence-corrected chi connectivity index (χ2v) is 8.54. The van der Waals surface area contributed by atoms with E-state index in [1.807, 2.05) is 30.3 Å². The van der Waals surface area contributed by atoms with Crippen molar-refractivity contribution in [1.82, 2.24) is 4.90 Å². The zero-order valence-electron chi connectivity index (χ0n) is 20.4. The van der Waals surface area contributed by atoms with Crippen LogP contribution < -0.4 is 4.74 Å². The third-order valence-electron chi connectivity index (χ3n) is 5.62. The molecule has 1 aliphatic heterocycles. The summed E-state index contributed by atoms with van der Waals surface area (Å²) in [6.45, 7) is 1.61. The minimum atomic E-state index is -1.06. The van der Waals surface area contributed by atoms with E-state index in [4.69, 9.17) is 25.8 Å². The van der Waals surface area contributed by atoms with Crippen LogP contribution in [0.3, 0.4) is 0 Å². The molecule has 10 nitrogen and oxygen atoms in total. The number of allylic oxidation sites excluding steroid dienone is 1. The van der Waals surface area contributed by atoms with E-state index in [1.54, 1.807) is 31.2 Å². The fraction of sp³-hybridized carbons (Fsp3) is 0.148. The number of halogens is 1. The number of ether oxygens (including phenoxy) is 3. The maximum atomic E-state index is 13.5. The van der Waals surface area contributed by atoms with Crippen LogP contribution in [-0.2, 0) is 20.9 Å². The van der Waals surface area contributed by atoms with Crippen LogP contribution in [0.5, 0.6) is 5.75 Å². The first-order chi connectivity index (χ1) is 18.3. The molecule has 0 aliphatic carbocycles. The zero-order valence-corrected chi connectivity index (χ0v) is 21.1. The fourth-order valence-electron chi connectivity index (χ4n) is 3.86. The summed E-state index contributed by atoms with van der Waals surface area (Å²) in [5.41, 5.74) is 1.47. The van der Waals surface area contributed by atoms with Crippen LogP contribution in [0.4, 0.5) is 10.5 Å². The molecule has 1 unspecified atom stereocenters. The Kier molecular flexibility index (Phi) is 8.03. The van der Waals surface area contributed by atoms with Crippen molar-refractivity contribution >= 4 is 35.4 Å². The predicted octanol–water partition coefficient (Wildman–Crippen LogP) is 5.82. The molecule has 0 bridgehead atoms. The van der Waals surface area contributed by atoms with E-state index in [0.717, 1.165) is 10.5 Å². The minimum absolute atomic E-state index is 0.00676. The molecule has 0 fully saturated rings. The van der Waals surface area contributed by atoms with Crippen LogP contribution in [-0.4, -0.2) is 35.0 Å². The summed E-state index contributed by atoms with van der Waals surface area (Å²) in [5, 5.41) is 11.3. The van der Waals surface area contributed by atoms with Gasteiger partial charge in [-0.05, 0) is 42.3 Å². The molecule has 38 heavy (non-hydrogen) atoms. The van der Waals surface area contributed by atoms with Crippen LogP contribution in [0.25, 0.3) is 0 Å². The highest BCUT2D eigenvalue weighted by atomic mass is 35.5. The Balaban J connectivity index is 1.71. The van der Waals surface area contributed by atoms with Gasteiger partial charge in [-0.25, -0.2) is 19.5 Å². The largest absolute Gasteiger partial charge is 0.468 e. The summed E-state index contributed by atoms with van der Waals surface area (Å²) >= 11 is 6.25. The maximum Gasteiger partial charge on any atom is 0.424 e. The van der Waals surface area contributed by atoms with Gasteiger partial charge in [-0.2, -0.15) is 0 Å². The van der Waals surface area contributed by atoms with Crippen molar-refractivity contribution < 1.29 is 28.7 Å². The predicted molar refractivity (Wildman–Crippen MR) is 139 cm³/mol. The third kappa shape index (κ3) is 5.81. The van der Waals surface area contributed by atoms with Crippen LogP contribution >= 0.6 is 11.6 Å². The number of carbonyl (C=O) groups excluding carboxylic acids is 2. The Labute approximate surface area is 222 Å². The summed E-state index contributed by atoms with van der Waals surface area (Å²) in [5.74, 6) is -0.649. The van der Waals surface area contributed by atoms with Gasteiger partial charge >= 0.3 is 18.1 Å². The number of amides is 1. The number of methoxy groups -OCH3 is 1. The van der Waals surface area contributed by atoms with Crippen molar-refractivity contribution in [3.8, 4) is 5.75 Å². The van der Waals surface area contributed by atoms with Crippen LogP contribution in [0.2, 0.25) is 5.02 Å². The summed E-state index contributed by atoms with van der Waals surface area (Å²) in [7, 11) is 1.33. The van der Waals surface area contributed by atoms with Gasteiger partial charge in [0.05, 0.1) is 23.3 Å². The van der Waals surface area contributed by atoms with Gasteiger partial charge in [0.1, 0.15) is 18.4 Å². The van der Waals surface area contributed by atoms with E-state index in [2.05, 4.69) is 4.99 Å². The molecular formula is C27H22ClN3O7. The molecule has 1 atom stereocenters. The first-order valence-electron chi connectivity index (χ1n) is 11.3. The van der Waals surface area contributed by atoms with Crippen molar-refractivity contribution in [2.45, 2.75) is 19.6 Å². The number of non-ortho nitro benzene ring substituents is 1. The number of benzene rings is 3. The highest BCUT2D eigenvalue weighted by molar-refractivity contribution is 6.30. The average molecular weight is 536 g/mol. The quantitative estimate of drug-likeness (QED) is 0.221. The number of nitro groups is 1. The van der Waals surface area contributed by atoms with Crippen molar-refractivity contribution in [2.75, 3.05) is 7.11 Å². The first-order valence-corrected chi connectivity index (χ1v) is 11.7. The van der Waals surface area contributed by atoms with E-state index >= 15 is 0 Å². The molecule has 0 radical (unpaired) electrons. The average Bonchev–Trinajstić information content (AvgIpc) is 2.91. The van der Waals surface area contributed by atoms with E-state index in [-0.39, 0.29) is 35.3 Å². The van der Waals surface area contributed by atoms with Crippen LogP contribution in [0, 0.1) is 10.1 Å². The molecule has 1 amide bonds. The molecule has 194 valence electrons. The summed E-state index contributed by atoms with van der Waals surface area (Å²) in [4.78, 5) is 42.7. The molecule has 1 heterocycles. The topological polar surface area (TPSA) is 121 Å². The molecule has 0 spiro atoms. The maximum absolute atomic E-state index is 13.5. The van der Waals surface area contributed by atoms with E-state index in [9.17, 15) is 19.7 Å². The summed E-state index contributed by atoms with van der Waals surface area (Å²) in [6, 6.07) is 19.6. The molecule has 0 N–H and O–H groups in total. The van der Waals surface area contributed by atoms with Gasteiger partial charge in [-0.1, -0.05) is 54.1 Å². The molecule has 0 saturated carbocycles. The summed E-state index contributed by atoms with van der Waals surface area (Å²) < 4.78 is 16.5. The highest BCUT2D eigenvalue weighted by Crippen LogP contribution is 2.37. The molecule has 0 saturated heterocycles. The highest BCUT2D eigenvalue weighted by Gasteiger charge is 2.42. The number of nitrogens with zero attached hydrogens (tertiary/aromatic N) is 3. The van der Waals surface area contributed by atoms with Crippen molar-refractivity contribution in [1.29, 1.82) is 0 Å². The molecule has 3 aromatic rings. The SMILES string of the molecule is COC1=NC(C)=C(C(=O)OCc2ccccc2)C(c2cccc(Cl)c2)N1C(=O)Oc1ccc([N+](=O)[O-])cc1. The molecule has 1 aliphatic rings. The Morgan fingerprint density at radius 3 is 2.39 bits per heavy atom. The number of rotatable bonds is 6. The van der Waals surface area contributed by atoms with Crippen molar-refractivity contribution in [3.05, 3.63) is 116 Å². The Hall–Kier alpha value is -4.70. The Morgan fingerprint density at radius 1 is 1.05 bits per heavy atom. The first kappa shape index (κ1) is 26.4. The van der Waals surface area contributed by atoms with Crippen LogP contribution in [0.1, 0.15) is 24.1 Å². The van der Waals surface area contributed by atoms with Gasteiger partial charge in [0.2, 0.25) is 0 Å². The normalized spacial score (nSPS) is 15.0. The molecule has 0 aromatic heterocycles. The lowest BCUT2D eigenvalue weighted by Gasteiger charge is -2.35. The number of amidine groups is 1. The fourth-order valence-corrected chi connectivity index (χ4v) is 4.06. The van der Waals surface area contributed by atoms with Gasteiger partial charge in [0, 0.05) is 17.2 Å². The minimum Gasteiger partial charge on any atom is -0.468 e. The number of esters is 1.